The number of fused-ring (bicyclic) bond motifs is 1. The molecule has 224 valence electrons. The largest absolute Gasteiger partial charge is 0.388 e. The molecule has 0 spiro atoms. The molecule has 1 aromatic heterocycles. The molecular formula is C30H34F3N5O4. The van der Waals surface area contributed by atoms with Gasteiger partial charge in [-0.15, -0.1) is 0 Å². The smallest absolute Gasteiger partial charge is 0.294 e. The maximum atomic E-state index is 15.4. The van der Waals surface area contributed by atoms with Crippen molar-refractivity contribution in [2.75, 3.05) is 43.4 Å². The summed E-state index contributed by atoms with van der Waals surface area (Å²) in [5.41, 5.74) is -1.80. The molecule has 0 aliphatic carbocycles. The van der Waals surface area contributed by atoms with Crippen LogP contribution in [0.4, 0.5) is 24.5 Å². The second kappa shape index (κ2) is 11.4. The highest BCUT2D eigenvalue weighted by Crippen LogP contribution is 2.42. The highest BCUT2D eigenvalue weighted by atomic mass is 19.3. The fraction of sp³-hybridized carbons (Fsp3) is 0.433. The third kappa shape index (κ3) is 5.60. The number of nitrogens with zero attached hydrogens (tertiary/aromatic N) is 2. The highest BCUT2D eigenvalue weighted by molar-refractivity contribution is 6.36. The number of aromatic nitrogens is 1. The molecule has 42 heavy (non-hydrogen) atoms. The number of aromatic amines is 1. The first-order chi connectivity index (χ1) is 20.0. The van der Waals surface area contributed by atoms with Crippen molar-refractivity contribution < 1.29 is 32.7 Å². The number of aryl methyl sites for hydroxylation is 1. The Labute approximate surface area is 241 Å². The van der Waals surface area contributed by atoms with Gasteiger partial charge in [-0.25, -0.2) is 4.39 Å². The highest BCUT2D eigenvalue weighted by Gasteiger charge is 2.42. The van der Waals surface area contributed by atoms with E-state index >= 15 is 8.78 Å². The number of carbonyl (C=O) groups is 3. The Kier molecular flexibility index (Phi) is 8.04. The Balaban J connectivity index is 1.47. The number of rotatable bonds is 8. The van der Waals surface area contributed by atoms with E-state index in [1.165, 1.54) is 18.2 Å². The topological polar surface area (TPSA) is 118 Å². The SMILES string of the molecule is C=CC(F)(F)c1c(/C=C2\C(=O)Nc3c(NC=O)cc(F)cc32)[nH]c(C)c1C(=O)N1CCC(O)(CN2CCCCC2)CC1. The van der Waals surface area contributed by atoms with Crippen molar-refractivity contribution in [1.29, 1.82) is 0 Å². The molecule has 4 heterocycles. The van der Waals surface area contributed by atoms with Gasteiger partial charge in [0.15, 0.2) is 0 Å². The number of β-amino-alcohol motifs (C(OH)–C–C–N with tert-alkyl or cyclic N) is 1. The molecule has 0 bridgehead atoms. The number of anilines is 2. The number of benzene rings is 1. The molecule has 5 rings (SSSR count). The van der Waals surface area contributed by atoms with E-state index in [0.717, 1.165) is 44.1 Å². The minimum absolute atomic E-state index is 0.0114. The summed E-state index contributed by atoms with van der Waals surface area (Å²) in [6.07, 6.45) is 5.90. The van der Waals surface area contributed by atoms with Crippen LogP contribution in [0.2, 0.25) is 0 Å². The van der Waals surface area contributed by atoms with Crippen LogP contribution in [0, 0.1) is 12.7 Å². The van der Waals surface area contributed by atoms with Gasteiger partial charge in [-0.3, -0.25) is 14.4 Å². The first-order valence-corrected chi connectivity index (χ1v) is 14.0. The molecule has 0 atom stereocenters. The lowest BCUT2D eigenvalue weighted by Gasteiger charge is -2.42. The van der Waals surface area contributed by atoms with E-state index in [2.05, 4.69) is 27.1 Å². The minimum atomic E-state index is -3.66. The summed E-state index contributed by atoms with van der Waals surface area (Å²) in [5.74, 6) is -5.72. The van der Waals surface area contributed by atoms with E-state index in [0.29, 0.717) is 31.9 Å². The first-order valence-electron chi connectivity index (χ1n) is 14.0. The van der Waals surface area contributed by atoms with Gasteiger partial charge in [-0.05, 0) is 70.0 Å². The van der Waals surface area contributed by atoms with Gasteiger partial charge in [0.1, 0.15) is 5.82 Å². The van der Waals surface area contributed by atoms with Gasteiger partial charge in [0.2, 0.25) is 6.41 Å². The van der Waals surface area contributed by atoms with Gasteiger partial charge in [0.25, 0.3) is 17.7 Å². The molecule has 2 fully saturated rings. The van der Waals surface area contributed by atoms with Gasteiger partial charge in [0, 0.05) is 36.6 Å². The molecule has 2 saturated heterocycles. The van der Waals surface area contributed by atoms with Crippen LogP contribution in [0.3, 0.4) is 0 Å². The Morgan fingerprint density at radius 3 is 2.52 bits per heavy atom. The molecule has 2 aromatic rings. The number of carbonyl (C=O) groups excluding carboxylic acids is 3. The van der Waals surface area contributed by atoms with Crippen molar-refractivity contribution in [2.45, 2.75) is 50.6 Å². The molecule has 12 heteroatoms. The van der Waals surface area contributed by atoms with E-state index in [-0.39, 0.29) is 52.6 Å². The van der Waals surface area contributed by atoms with Crippen molar-refractivity contribution in [3.63, 3.8) is 0 Å². The van der Waals surface area contributed by atoms with Gasteiger partial charge in [0.05, 0.1) is 33.7 Å². The molecule has 4 N–H and O–H groups in total. The predicted octanol–water partition coefficient (Wildman–Crippen LogP) is 4.25. The monoisotopic (exact) mass is 585 g/mol. The molecule has 3 aliphatic heterocycles. The molecule has 1 aromatic carbocycles. The summed E-state index contributed by atoms with van der Waals surface area (Å²) >= 11 is 0. The van der Waals surface area contributed by atoms with E-state index < -0.39 is 34.7 Å². The van der Waals surface area contributed by atoms with Gasteiger partial charge < -0.3 is 30.5 Å². The van der Waals surface area contributed by atoms with E-state index in [4.69, 9.17) is 0 Å². The number of aliphatic hydroxyl groups is 1. The normalized spacial score (nSPS) is 19.9. The van der Waals surface area contributed by atoms with Crippen LogP contribution in [-0.4, -0.2) is 76.4 Å². The predicted molar refractivity (Wildman–Crippen MR) is 153 cm³/mol. The number of nitrogens with one attached hydrogen (secondary N) is 3. The Morgan fingerprint density at radius 2 is 1.88 bits per heavy atom. The third-order valence-electron chi connectivity index (χ3n) is 8.35. The first kappa shape index (κ1) is 29.6. The lowest BCUT2D eigenvalue weighted by Crippen LogP contribution is -2.53. The molecule has 0 unspecified atom stereocenters. The van der Waals surface area contributed by atoms with Crippen molar-refractivity contribution in [3.8, 4) is 0 Å². The third-order valence-corrected chi connectivity index (χ3v) is 8.35. The lowest BCUT2D eigenvalue weighted by atomic mass is 9.89. The van der Waals surface area contributed by atoms with Gasteiger partial charge >= 0.3 is 0 Å². The zero-order valence-electron chi connectivity index (χ0n) is 23.4. The number of alkyl halides is 2. The molecular weight excluding hydrogens is 551 g/mol. The van der Waals surface area contributed by atoms with Crippen molar-refractivity contribution in [2.24, 2.45) is 0 Å². The number of amides is 3. The molecule has 0 radical (unpaired) electrons. The number of halogens is 3. The fourth-order valence-corrected chi connectivity index (χ4v) is 6.17. The van der Waals surface area contributed by atoms with Crippen LogP contribution in [0.15, 0.2) is 24.8 Å². The summed E-state index contributed by atoms with van der Waals surface area (Å²) < 4.78 is 45.2. The Hall–Kier alpha value is -3.90. The zero-order chi connectivity index (χ0) is 30.2. The van der Waals surface area contributed by atoms with Crippen LogP contribution in [0.1, 0.15) is 65.0 Å². The van der Waals surface area contributed by atoms with Crippen LogP contribution in [-0.2, 0) is 15.5 Å². The number of hydrogen-bond donors (Lipinski definition) is 4. The standard InChI is InChI=1S/C30H34F3N5O4/c1-3-30(32,33)25-22(15-21-20-13-19(31)14-23(34-17-39)26(20)36-27(21)40)35-18(2)24(25)28(41)38-11-7-29(42,8-12-38)16-37-9-5-4-6-10-37/h3,13-15,17,35,42H,1,4-12,16H2,2H3,(H,34,39)(H,36,40)/b21-15-. The average Bonchev–Trinajstić information content (AvgIpc) is 3.45. The average molecular weight is 586 g/mol. The summed E-state index contributed by atoms with van der Waals surface area (Å²) in [5, 5.41) is 16.0. The van der Waals surface area contributed by atoms with Crippen LogP contribution < -0.4 is 10.6 Å². The number of H-pyrrole nitrogens is 1. The lowest BCUT2D eigenvalue weighted by molar-refractivity contribution is -0.110. The molecule has 3 aliphatic rings. The van der Waals surface area contributed by atoms with Crippen molar-refractivity contribution in [3.05, 3.63) is 58.7 Å². The quantitative estimate of drug-likeness (QED) is 0.210. The summed E-state index contributed by atoms with van der Waals surface area (Å²) in [7, 11) is 0. The number of likely N-dealkylation sites (tertiary alicyclic amines) is 2. The van der Waals surface area contributed by atoms with E-state index in [1.54, 1.807) is 0 Å². The van der Waals surface area contributed by atoms with Crippen LogP contribution in [0.25, 0.3) is 11.6 Å². The number of piperidine rings is 2. The second-order valence-electron chi connectivity index (χ2n) is 11.2. The Bertz CT molecular complexity index is 1450. The number of hydrogen-bond acceptors (Lipinski definition) is 5. The molecule has 0 saturated carbocycles. The van der Waals surface area contributed by atoms with E-state index in [9.17, 15) is 23.9 Å². The maximum absolute atomic E-state index is 15.4. The number of allylic oxidation sites excluding steroid dienone is 1. The van der Waals surface area contributed by atoms with E-state index in [1.807, 2.05) is 0 Å². The second-order valence-corrected chi connectivity index (χ2v) is 11.2. The fourth-order valence-electron chi connectivity index (χ4n) is 6.17. The van der Waals surface area contributed by atoms with Gasteiger partial charge in [-0.1, -0.05) is 13.0 Å². The van der Waals surface area contributed by atoms with Crippen molar-refractivity contribution in [1.82, 2.24) is 14.8 Å². The van der Waals surface area contributed by atoms with Crippen LogP contribution >= 0.6 is 0 Å². The Morgan fingerprint density at radius 1 is 1.19 bits per heavy atom. The van der Waals surface area contributed by atoms with Crippen LogP contribution in [0.5, 0.6) is 0 Å². The summed E-state index contributed by atoms with van der Waals surface area (Å²) in [6, 6.07) is 2.08. The van der Waals surface area contributed by atoms with Crippen molar-refractivity contribution >= 4 is 41.2 Å². The zero-order valence-corrected chi connectivity index (χ0v) is 23.4. The van der Waals surface area contributed by atoms with Gasteiger partial charge in [-0.2, -0.15) is 8.78 Å². The minimum Gasteiger partial charge on any atom is -0.388 e. The summed E-state index contributed by atoms with van der Waals surface area (Å²) in [6.45, 7) is 7.51. The molecule has 3 amide bonds. The molecule has 9 nitrogen and oxygen atoms in total. The maximum Gasteiger partial charge on any atom is 0.294 e. The summed E-state index contributed by atoms with van der Waals surface area (Å²) in [4.78, 5) is 44.1.